The van der Waals surface area contributed by atoms with Gasteiger partial charge in [0, 0.05) is 29.7 Å². The van der Waals surface area contributed by atoms with Crippen LogP contribution in [0, 0.1) is 0 Å². The van der Waals surface area contributed by atoms with Gasteiger partial charge in [0.15, 0.2) is 0 Å². The van der Waals surface area contributed by atoms with Crippen LogP contribution in [0.25, 0.3) is 10.8 Å². The molecule has 1 aliphatic rings. The van der Waals surface area contributed by atoms with Crippen molar-refractivity contribution in [2.24, 2.45) is 5.73 Å². The van der Waals surface area contributed by atoms with Crippen LogP contribution < -0.4 is 5.73 Å². The summed E-state index contributed by atoms with van der Waals surface area (Å²) in [6, 6.07) is 6.77. The van der Waals surface area contributed by atoms with Crippen molar-refractivity contribution in [3.8, 4) is 0 Å². The average molecular weight is 226 g/mol. The number of aromatic nitrogens is 1. The van der Waals surface area contributed by atoms with E-state index in [-0.39, 0.29) is 5.41 Å². The highest BCUT2D eigenvalue weighted by Crippen LogP contribution is 2.47. The molecule has 88 valence electrons. The third-order valence-corrected chi connectivity index (χ3v) is 4.08. The number of hydrogen-bond acceptors (Lipinski definition) is 2. The number of fused-ring (bicyclic) bond motifs is 1. The summed E-state index contributed by atoms with van der Waals surface area (Å²) in [6.45, 7) is 2.94. The molecule has 0 amide bonds. The molecular weight excluding hydrogens is 208 g/mol. The van der Waals surface area contributed by atoms with Gasteiger partial charge in [0.1, 0.15) is 0 Å². The maximum Gasteiger partial charge on any atom is 0.0346 e. The first-order valence-electron chi connectivity index (χ1n) is 6.36. The smallest absolute Gasteiger partial charge is 0.0346 e. The van der Waals surface area contributed by atoms with Crippen LogP contribution in [0.3, 0.4) is 0 Å². The van der Waals surface area contributed by atoms with E-state index >= 15 is 0 Å². The van der Waals surface area contributed by atoms with Crippen molar-refractivity contribution >= 4 is 10.8 Å². The molecule has 1 saturated carbocycles. The fraction of sp³-hybridized carbons (Fsp3) is 0.400. The SMILES string of the molecule is CCc1cncc2cc(C3(CN)CC3)ccc12. The van der Waals surface area contributed by atoms with Gasteiger partial charge in [-0.05, 0) is 41.8 Å². The first-order chi connectivity index (χ1) is 8.29. The summed E-state index contributed by atoms with van der Waals surface area (Å²) in [7, 11) is 0. The van der Waals surface area contributed by atoms with Crippen LogP contribution in [0.2, 0.25) is 0 Å². The molecule has 1 aliphatic carbocycles. The van der Waals surface area contributed by atoms with Crippen molar-refractivity contribution in [3.05, 3.63) is 41.7 Å². The molecule has 1 heterocycles. The van der Waals surface area contributed by atoms with Crippen molar-refractivity contribution in [1.82, 2.24) is 4.98 Å². The quantitative estimate of drug-likeness (QED) is 0.874. The molecule has 0 radical (unpaired) electrons. The second kappa shape index (κ2) is 3.81. The van der Waals surface area contributed by atoms with Crippen molar-refractivity contribution in [3.63, 3.8) is 0 Å². The van der Waals surface area contributed by atoms with Gasteiger partial charge < -0.3 is 5.73 Å². The highest BCUT2D eigenvalue weighted by molar-refractivity contribution is 5.85. The molecule has 2 N–H and O–H groups in total. The highest BCUT2D eigenvalue weighted by Gasteiger charge is 2.42. The lowest BCUT2D eigenvalue weighted by molar-refractivity contribution is 0.706. The third-order valence-electron chi connectivity index (χ3n) is 4.08. The van der Waals surface area contributed by atoms with Gasteiger partial charge >= 0.3 is 0 Å². The van der Waals surface area contributed by atoms with Gasteiger partial charge in [-0.3, -0.25) is 4.98 Å². The van der Waals surface area contributed by atoms with E-state index in [0.717, 1.165) is 13.0 Å². The molecular formula is C15H18N2. The van der Waals surface area contributed by atoms with Crippen LogP contribution in [0.4, 0.5) is 0 Å². The Hall–Kier alpha value is -1.41. The largest absolute Gasteiger partial charge is 0.330 e. The molecule has 1 aromatic carbocycles. The molecule has 2 nitrogen and oxygen atoms in total. The minimum atomic E-state index is 0.274. The van der Waals surface area contributed by atoms with Crippen molar-refractivity contribution in [1.29, 1.82) is 0 Å². The van der Waals surface area contributed by atoms with Gasteiger partial charge in [0.25, 0.3) is 0 Å². The highest BCUT2D eigenvalue weighted by atomic mass is 14.7. The summed E-state index contributed by atoms with van der Waals surface area (Å²) in [6.07, 6.45) is 7.43. The number of nitrogens with zero attached hydrogens (tertiary/aromatic N) is 1. The van der Waals surface area contributed by atoms with E-state index in [1.165, 1.54) is 34.7 Å². The minimum absolute atomic E-state index is 0.274. The number of hydrogen-bond donors (Lipinski definition) is 1. The Bertz CT molecular complexity index is 556. The predicted molar refractivity (Wildman–Crippen MR) is 71.1 cm³/mol. The molecule has 17 heavy (non-hydrogen) atoms. The van der Waals surface area contributed by atoms with E-state index in [0.29, 0.717) is 0 Å². The Balaban J connectivity index is 2.14. The molecule has 3 rings (SSSR count). The van der Waals surface area contributed by atoms with Gasteiger partial charge in [-0.1, -0.05) is 19.1 Å². The number of benzene rings is 1. The number of pyridine rings is 1. The van der Waals surface area contributed by atoms with Crippen LogP contribution in [-0.2, 0) is 11.8 Å². The van der Waals surface area contributed by atoms with Crippen LogP contribution in [0.1, 0.15) is 30.9 Å². The lowest BCUT2D eigenvalue weighted by Crippen LogP contribution is -2.19. The predicted octanol–water partition coefficient (Wildman–Crippen LogP) is 2.79. The van der Waals surface area contributed by atoms with Crippen LogP contribution in [0.15, 0.2) is 30.6 Å². The lowest BCUT2D eigenvalue weighted by Gasteiger charge is -2.14. The lowest BCUT2D eigenvalue weighted by atomic mass is 9.93. The molecule has 0 unspecified atom stereocenters. The monoisotopic (exact) mass is 226 g/mol. The van der Waals surface area contributed by atoms with E-state index in [1.54, 1.807) is 0 Å². The van der Waals surface area contributed by atoms with Gasteiger partial charge in [0.2, 0.25) is 0 Å². The first-order valence-corrected chi connectivity index (χ1v) is 6.36. The van der Waals surface area contributed by atoms with Crippen molar-refractivity contribution in [2.75, 3.05) is 6.54 Å². The maximum absolute atomic E-state index is 5.89. The zero-order valence-corrected chi connectivity index (χ0v) is 10.2. The summed E-state index contributed by atoms with van der Waals surface area (Å²) in [5.74, 6) is 0. The first kappa shape index (κ1) is 10.7. The van der Waals surface area contributed by atoms with E-state index in [1.807, 2.05) is 12.4 Å². The van der Waals surface area contributed by atoms with Gasteiger partial charge in [0.05, 0.1) is 0 Å². The Kier molecular flexibility index (Phi) is 2.40. The molecule has 0 saturated heterocycles. The minimum Gasteiger partial charge on any atom is -0.330 e. The van der Waals surface area contributed by atoms with Gasteiger partial charge in [-0.2, -0.15) is 0 Å². The van der Waals surface area contributed by atoms with Gasteiger partial charge in [-0.25, -0.2) is 0 Å². The molecule has 2 aromatic rings. The second-order valence-corrected chi connectivity index (χ2v) is 5.07. The fourth-order valence-corrected chi connectivity index (χ4v) is 2.61. The molecule has 1 fully saturated rings. The third kappa shape index (κ3) is 1.64. The molecule has 2 heteroatoms. The second-order valence-electron chi connectivity index (χ2n) is 5.07. The molecule has 0 bridgehead atoms. The fourth-order valence-electron chi connectivity index (χ4n) is 2.61. The van der Waals surface area contributed by atoms with Crippen molar-refractivity contribution < 1.29 is 0 Å². The number of nitrogens with two attached hydrogens (primary N) is 1. The number of aryl methyl sites for hydroxylation is 1. The van der Waals surface area contributed by atoms with E-state index in [4.69, 9.17) is 5.73 Å². The Morgan fingerprint density at radius 1 is 1.29 bits per heavy atom. The summed E-state index contributed by atoms with van der Waals surface area (Å²) in [4.78, 5) is 4.32. The molecule has 0 aliphatic heterocycles. The van der Waals surface area contributed by atoms with Crippen LogP contribution in [0.5, 0.6) is 0 Å². The van der Waals surface area contributed by atoms with E-state index < -0.39 is 0 Å². The Morgan fingerprint density at radius 3 is 2.76 bits per heavy atom. The summed E-state index contributed by atoms with van der Waals surface area (Å²) >= 11 is 0. The van der Waals surface area contributed by atoms with Gasteiger partial charge in [-0.15, -0.1) is 0 Å². The zero-order chi connectivity index (χ0) is 11.9. The topological polar surface area (TPSA) is 38.9 Å². The molecule has 0 spiro atoms. The summed E-state index contributed by atoms with van der Waals surface area (Å²) < 4.78 is 0. The standard InChI is InChI=1S/C15H18N2/c1-2-11-8-17-9-12-7-13(3-4-14(11)12)15(10-16)5-6-15/h3-4,7-9H,2,5-6,10,16H2,1H3. The van der Waals surface area contributed by atoms with E-state index in [2.05, 4.69) is 30.1 Å². The normalized spacial score (nSPS) is 17.3. The molecule has 0 atom stereocenters. The van der Waals surface area contributed by atoms with Crippen molar-refractivity contribution in [2.45, 2.75) is 31.6 Å². The average Bonchev–Trinajstić information content (AvgIpc) is 3.18. The van der Waals surface area contributed by atoms with Crippen LogP contribution in [-0.4, -0.2) is 11.5 Å². The summed E-state index contributed by atoms with van der Waals surface area (Å²) in [5.41, 5.74) is 8.88. The maximum atomic E-state index is 5.89. The van der Waals surface area contributed by atoms with Crippen LogP contribution >= 0.6 is 0 Å². The molecule has 1 aromatic heterocycles. The Labute approximate surface area is 102 Å². The number of rotatable bonds is 3. The summed E-state index contributed by atoms with van der Waals surface area (Å²) in [5, 5.41) is 2.58. The zero-order valence-electron chi connectivity index (χ0n) is 10.2. The Morgan fingerprint density at radius 2 is 2.12 bits per heavy atom. The van der Waals surface area contributed by atoms with E-state index in [9.17, 15) is 0 Å².